The molecule has 2 nitrogen and oxygen atoms in total. The largest absolute Gasteiger partial charge is 0.376 e. The average Bonchev–Trinajstić information content (AvgIpc) is 3.06. The molecule has 0 bridgehead atoms. The molecule has 0 spiro atoms. The summed E-state index contributed by atoms with van der Waals surface area (Å²) < 4.78 is 5.52. The van der Waals surface area contributed by atoms with Crippen molar-refractivity contribution in [1.29, 1.82) is 0 Å². The summed E-state index contributed by atoms with van der Waals surface area (Å²) in [4.78, 5) is 2.70. The van der Waals surface area contributed by atoms with E-state index in [9.17, 15) is 0 Å². The summed E-state index contributed by atoms with van der Waals surface area (Å²) in [5.74, 6) is 0. The van der Waals surface area contributed by atoms with Crippen LogP contribution in [0.25, 0.3) is 0 Å². The summed E-state index contributed by atoms with van der Waals surface area (Å²) in [6, 6.07) is 8.83. The van der Waals surface area contributed by atoms with E-state index in [2.05, 4.69) is 46.9 Å². The van der Waals surface area contributed by atoms with E-state index in [1.54, 1.807) is 22.7 Å². The zero-order chi connectivity index (χ0) is 13.5. The van der Waals surface area contributed by atoms with E-state index < -0.39 is 0 Å². The first-order chi connectivity index (χ1) is 9.27. The van der Waals surface area contributed by atoms with Crippen molar-refractivity contribution >= 4 is 22.7 Å². The van der Waals surface area contributed by atoms with Gasteiger partial charge in [0.25, 0.3) is 0 Å². The highest BCUT2D eigenvalue weighted by Crippen LogP contribution is 2.28. The highest BCUT2D eigenvalue weighted by atomic mass is 32.1. The Hall–Kier alpha value is -0.940. The van der Waals surface area contributed by atoms with Crippen molar-refractivity contribution < 1.29 is 4.74 Å². The Morgan fingerprint density at radius 1 is 1.26 bits per heavy atom. The zero-order valence-electron chi connectivity index (χ0n) is 11.1. The minimum Gasteiger partial charge on any atom is -0.376 e. The van der Waals surface area contributed by atoms with Crippen LogP contribution in [0, 0.1) is 0 Å². The highest BCUT2D eigenvalue weighted by Gasteiger charge is 2.15. The molecule has 0 unspecified atom stereocenters. The molecule has 102 valence electrons. The van der Waals surface area contributed by atoms with Gasteiger partial charge in [-0.3, -0.25) is 0 Å². The number of hydrogen-bond donors (Lipinski definition) is 1. The van der Waals surface area contributed by atoms with E-state index in [0.29, 0.717) is 13.2 Å². The third kappa shape index (κ3) is 4.58. The maximum atomic E-state index is 5.52. The fourth-order valence-electron chi connectivity index (χ4n) is 1.77. The van der Waals surface area contributed by atoms with Crippen LogP contribution in [-0.4, -0.2) is 19.8 Å². The predicted molar refractivity (Wildman–Crippen MR) is 84.1 cm³/mol. The predicted octanol–water partition coefficient (Wildman–Crippen LogP) is 4.08. The van der Waals surface area contributed by atoms with Gasteiger partial charge in [-0.05, 0) is 29.8 Å². The normalized spacial score (nSPS) is 11.1. The Kier molecular flexibility index (Phi) is 5.79. The van der Waals surface area contributed by atoms with Crippen molar-refractivity contribution in [1.82, 2.24) is 5.32 Å². The van der Waals surface area contributed by atoms with Crippen LogP contribution in [0.1, 0.15) is 22.7 Å². The molecule has 2 heterocycles. The molecule has 0 saturated carbocycles. The molecule has 0 atom stereocenters. The van der Waals surface area contributed by atoms with Crippen molar-refractivity contribution in [3.05, 3.63) is 56.9 Å². The average molecular weight is 293 g/mol. The van der Waals surface area contributed by atoms with Crippen LogP contribution in [-0.2, 0) is 4.74 Å². The SMILES string of the molecule is C=C(C)COCCNC(c1cccs1)c1cccs1. The van der Waals surface area contributed by atoms with Crippen LogP contribution >= 0.6 is 22.7 Å². The molecule has 2 aromatic heterocycles. The van der Waals surface area contributed by atoms with Crippen LogP contribution in [0.2, 0.25) is 0 Å². The Morgan fingerprint density at radius 3 is 2.37 bits per heavy atom. The van der Waals surface area contributed by atoms with Crippen molar-refractivity contribution in [2.75, 3.05) is 19.8 Å². The van der Waals surface area contributed by atoms with E-state index in [1.165, 1.54) is 9.75 Å². The number of hydrogen-bond acceptors (Lipinski definition) is 4. The van der Waals surface area contributed by atoms with Crippen LogP contribution in [0.4, 0.5) is 0 Å². The van der Waals surface area contributed by atoms with Gasteiger partial charge in [-0.2, -0.15) is 0 Å². The third-order valence-corrected chi connectivity index (χ3v) is 4.47. The number of ether oxygens (including phenoxy) is 1. The van der Waals surface area contributed by atoms with Gasteiger partial charge in [-0.1, -0.05) is 24.3 Å². The molecule has 1 N–H and O–H groups in total. The van der Waals surface area contributed by atoms with Gasteiger partial charge in [0.1, 0.15) is 0 Å². The molecule has 0 aromatic carbocycles. The highest BCUT2D eigenvalue weighted by molar-refractivity contribution is 7.11. The van der Waals surface area contributed by atoms with Gasteiger partial charge in [-0.25, -0.2) is 0 Å². The second-order valence-corrected chi connectivity index (χ2v) is 6.39. The molecule has 0 saturated heterocycles. The third-order valence-electron chi connectivity index (χ3n) is 2.60. The fourth-order valence-corrected chi connectivity index (χ4v) is 3.48. The van der Waals surface area contributed by atoms with E-state index in [0.717, 1.165) is 12.1 Å². The first-order valence-corrected chi connectivity index (χ1v) is 8.05. The quantitative estimate of drug-likeness (QED) is 0.585. The molecule has 19 heavy (non-hydrogen) atoms. The fraction of sp³-hybridized carbons (Fsp3) is 0.333. The Morgan fingerprint density at radius 2 is 1.89 bits per heavy atom. The molecule has 2 aromatic rings. The van der Waals surface area contributed by atoms with Gasteiger partial charge in [0.05, 0.1) is 19.3 Å². The Bertz CT molecular complexity index is 442. The topological polar surface area (TPSA) is 21.3 Å². The van der Waals surface area contributed by atoms with E-state index in [1.807, 2.05) is 6.92 Å². The molecule has 0 aliphatic rings. The van der Waals surface area contributed by atoms with E-state index >= 15 is 0 Å². The smallest absolute Gasteiger partial charge is 0.0765 e. The number of rotatable bonds is 8. The van der Waals surface area contributed by atoms with Crippen LogP contribution in [0.15, 0.2) is 47.2 Å². The lowest BCUT2D eigenvalue weighted by Gasteiger charge is -2.16. The Balaban J connectivity index is 1.87. The zero-order valence-corrected chi connectivity index (χ0v) is 12.7. The molecule has 0 aliphatic carbocycles. The lowest BCUT2D eigenvalue weighted by molar-refractivity contribution is 0.156. The lowest BCUT2D eigenvalue weighted by atomic mass is 10.2. The summed E-state index contributed by atoms with van der Waals surface area (Å²) in [5.41, 5.74) is 1.06. The van der Waals surface area contributed by atoms with Crippen molar-refractivity contribution in [3.8, 4) is 0 Å². The Labute approximate surface area is 122 Å². The minimum atomic E-state index is 0.286. The lowest BCUT2D eigenvalue weighted by Crippen LogP contribution is -2.25. The van der Waals surface area contributed by atoms with Gasteiger partial charge in [0, 0.05) is 16.3 Å². The van der Waals surface area contributed by atoms with Crippen LogP contribution < -0.4 is 5.32 Å². The molecule has 0 radical (unpaired) electrons. The van der Waals surface area contributed by atoms with Gasteiger partial charge < -0.3 is 10.1 Å². The number of thiophene rings is 2. The van der Waals surface area contributed by atoms with Gasteiger partial charge in [0.2, 0.25) is 0 Å². The van der Waals surface area contributed by atoms with Gasteiger partial charge in [0.15, 0.2) is 0 Å². The summed E-state index contributed by atoms with van der Waals surface area (Å²) >= 11 is 3.57. The second-order valence-electron chi connectivity index (χ2n) is 4.43. The molecule has 4 heteroatoms. The molecule has 0 aliphatic heterocycles. The van der Waals surface area contributed by atoms with Gasteiger partial charge in [-0.15, -0.1) is 22.7 Å². The minimum absolute atomic E-state index is 0.286. The van der Waals surface area contributed by atoms with Crippen LogP contribution in [0.5, 0.6) is 0 Å². The van der Waals surface area contributed by atoms with Crippen molar-refractivity contribution in [2.24, 2.45) is 0 Å². The first kappa shape index (κ1) is 14.5. The second kappa shape index (κ2) is 7.60. The number of nitrogens with one attached hydrogen (secondary N) is 1. The maximum Gasteiger partial charge on any atom is 0.0765 e. The van der Waals surface area contributed by atoms with E-state index in [4.69, 9.17) is 4.74 Å². The summed E-state index contributed by atoms with van der Waals surface area (Å²) in [6.45, 7) is 8.00. The van der Waals surface area contributed by atoms with Crippen LogP contribution in [0.3, 0.4) is 0 Å². The summed E-state index contributed by atoms with van der Waals surface area (Å²) in [7, 11) is 0. The monoisotopic (exact) mass is 293 g/mol. The van der Waals surface area contributed by atoms with Crippen molar-refractivity contribution in [3.63, 3.8) is 0 Å². The van der Waals surface area contributed by atoms with Gasteiger partial charge >= 0.3 is 0 Å². The van der Waals surface area contributed by atoms with E-state index in [-0.39, 0.29) is 6.04 Å². The molecule has 0 fully saturated rings. The maximum absolute atomic E-state index is 5.52. The standard InChI is InChI=1S/C15H19NOS2/c1-12(2)11-17-8-7-16-15(13-5-3-9-18-13)14-6-4-10-19-14/h3-6,9-10,15-16H,1,7-8,11H2,2H3. The molecule has 2 rings (SSSR count). The molecular formula is C15H19NOS2. The first-order valence-electron chi connectivity index (χ1n) is 6.29. The summed E-state index contributed by atoms with van der Waals surface area (Å²) in [5, 5.41) is 7.80. The molecular weight excluding hydrogens is 274 g/mol. The van der Waals surface area contributed by atoms with Crippen molar-refractivity contribution in [2.45, 2.75) is 13.0 Å². The summed E-state index contributed by atoms with van der Waals surface area (Å²) in [6.07, 6.45) is 0. The molecule has 0 amide bonds.